The first-order valence-corrected chi connectivity index (χ1v) is 7.95. The zero-order valence-corrected chi connectivity index (χ0v) is 13.7. The number of carbonyl (C=O) groups excluding carboxylic acids is 1. The smallest absolute Gasteiger partial charge is 0.164 e. The minimum atomic E-state index is 0.106. The zero-order chi connectivity index (χ0) is 14.5. The van der Waals surface area contributed by atoms with E-state index in [1.807, 2.05) is 7.05 Å². The van der Waals surface area contributed by atoms with Gasteiger partial charge in [0, 0.05) is 7.05 Å². The lowest BCUT2D eigenvalue weighted by Gasteiger charge is -2.22. The van der Waals surface area contributed by atoms with Gasteiger partial charge in [-0.3, -0.25) is 9.48 Å². The molecule has 1 saturated heterocycles. The maximum Gasteiger partial charge on any atom is 0.164 e. The number of carbonyl (C=O) groups is 1. The van der Waals surface area contributed by atoms with Gasteiger partial charge in [-0.15, -0.1) is 0 Å². The number of aryl methyl sites for hydroxylation is 2. The van der Waals surface area contributed by atoms with Crippen LogP contribution in [0, 0.1) is 0 Å². The molecule has 0 aliphatic carbocycles. The Morgan fingerprint density at radius 2 is 2.20 bits per heavy atom. The molecule has 20 heavy (non-hydrogen) atoms. The van der Waals surface area contributed by atoms with Crippen molar-refractivity contribution >= 4 is 21.7 Å². The van der Waals surface area contributed by atoms with E-state index < -0.39 is 0 Å². The fourth-order valence-electron chi connectivity index (χ4n) is 2.42. The molecular formula is C14H22BrN3O2. The highest BCUT2D eigenvalue weighted by atomic mass is 79.9. The summed E-state index contributed by atoms with van der Waals surface area (Å²) in [5.74, 6) is 0.106. The monoisotopic (exact) mass is 343 g/mol. The maximum atomic E-state index is 12.1. The lowest BCUT2D eigenvalue weighted by molar-refractivity contribution is -0.125. The summed E-state index contributed by atoms with van der Waals surface area (Å²) in [7, 11) is 1.88. The normalized spacial score (nSPS) is 16.6. The number of Topliss-reactive ketones (excluding diaryl/α,β-unsaturated/α-hetero) is 1. The van der Waals surface area contributed by atoms with Gasteiger partial charge < -0.3 is 10.1 Å². The van der Waals surface area contributed by atoms with Crippen LogP contribution in [-0.4, -0.2) is 41.4 Å². The molecule has 1 aliphatic rings. The highest BCUT2D eigenvalue weighted by molar-refractivity contribution is 9.10. The van der Waals surface area contributed by atoms with Crippen LogP contribution in [0.25, 0.3) is 0 Å². The van der Waals surface area contributed by atoms with Crippen molar-refractivity contribution in [3.8, 4) is 0 Å². The van der Waals surface area contributed by atoms with Crippen molar-refractivity contribution in [1.29, 1.82) is 0 Å². The second-order valence-corrected chi connectivity index (χ2v) is 5.95. The third-order valence-corrected chi connectivity index (χ3v) is 4.55. The molecule has 0 saturated carbocycles. The number of nitrogens with zero attached hydrogens (tertiary/aromatic N) is 2. The molecule has 1 N–H and O–H groups in total. The molecule has 2 heterocycles. The molecule has 0 unspecified atom stereocenters. The molecule has 6 heteroatoms. The molecule has 2 rings (SSSR count). The van der Waals surface area contributed by atoms with Crippen LogP contribution in [0.5, 0.6) is 0 Å². The van der Waals surface area contributed by atoms with Gasteiger partial charge in [0.05, 0.1) is 28.4 Å². The Morgan fingerprint density at radius 3 is 2.80 bits per heavy atom. The molecule has 0 aromatic carbocycles. The van der Waals surface area contributed by atoms with Gasteiger partial charge in [-0.1, -0.05) is 6.92 Å². The van der Waals surface area contributed by atoms with Crippen LogP contribution < -0.4 is 5.32 Å². The van der Waals surface area contributed by atoms with E-state index >= 15 is 0 Å². The molecule has 1 aliphatic heterocycles. The van der Waals surface area contributed by atoms with E-state index in [4.69, 9.17) is 4.74 Å². The molecule has 0 radical (unpaired) electrons. The lowest BCUT2D eigenvalue weighted by Crippen LogP contribution is -2.33. The molecule has 1 aromatic rings. The van der Waals surface area contributed by atoms with E-state index in [1.165, 1.54) is 0 Å². The Kier molecular flexibility index (Phi) is 5.74. The van der Waals surface area contributed by atoms with Gasteiger partial charge in [-0.05, 0) is 48.3 Å². The topological polar surface area (TPSA) is 56.2 Å². The first-order valence-electron chi connectivity index (χ1n) is 7.16. The van der Waals surface area contributed by atoms with Gasteiger partial charge in [0.1, 0.15) is 6.61 Å². The van der Waals surface area contributed by atoms with Crippen LogP contribution in [-0.2, 0) is 29.4 Å². The molecule has 5 nitrogen and oxygen atoms in total. The van der Waals surface area contributed by atoms with Gasteiger partial charge in [-0.2, -0.15) is 5.10 Å². The fraction of sp³-hybridized carbons (Fsp3) is 0.714. The van der Waals surface area contributed by atoms with Gasteiger partial charge in [0.25, 0.3) is 0 Å². The SMILES string of the molecule is CCc1nn(C)c(CC(=O)COC2CCNCC2)c1Br. The minimum absolute atomic E-state index is 0.106. The summed E-state index contributed by atoms with van der Waals surface area (Å²) in [5, 5.41) is 7.68. The third-order valence-electron chi connectivity index (χ3n) is 3.63. The Hall–Kier alpha value is -0.720. The molecule has 0 amide bonds. The van der Waals surface area contributed by atoms with Gasteiger partial charge >= 0.3 is 0 Å². The second-order valence-electron chi connectivity index (χ2n) is 5.16. The van der Waals surface area contributed by atoms with Gasteiger partial charge in [0.2, 0.25) is 0 Å². The predicted molar refractivity (Wildman–Crippen MR) is 80.8 cm³/mol. The largest absolute Gasteiger partial charge is 0.370 e. The summed E-state index contributed by atoms with van der Waals surface area (Å²) >= 11 is 3.53. The number of nitrogens with one attached hydrogen (secondary N) is 1. The number of halogens is 1. The number of rotatable bonds is 6. The van der Waals surface area contributed by atoms with Crippen LogP contribution >= 0.6 is 15.9 Å². The van der Waals surface area contributed by atoms with Crippen LogP contribution in [0.2, 0.25) is 0 Å². The summed E-state index contributed by atoms with van der Waals surface area (Å²) < 4.78 is 8.43. The highest BCUT2D eigenvalue weighted by Gasteiger charge is 2.18. The van der Waals surface area contributed by atoms with E-state index in [-0.39, 0.29) is 18.5 Å². The number of hydrogen-bond donors (Lipinski definition) is 1. The first kappa shape index (κ1) is 15.7. The van der Waals surface area contributed by atoms with E-state index in [1.54, 1.807) is 4.68 Å². The third kappa shape index (κ3) is 3.90. The summed E-state index contributed by atoms with van der Waals surface area (Å²) in [4.78, 5) is 12.1. The predicted octanol–water partition coefficient (Wildman–Crippen LogP) is 1.63. The Bertz CT molecular complexity index is 467. The standard InChI is InChI=1S/C14H22BrN3O2/c1-3-12-14(15)13(18(2)17-12)8-10(19)9-20-11-4-6-16-7-5-11/h11,16H,3-9H2,1-2H3. The number of ketones is 1. The fourth-order valence-corrected chi connectivity index (χ4v) is 3.18. The van der Waals surface area contributed by atoms with E-state index in [0.717, 1.165) is 48.2 Å². The summed E-state index contributed by atoms with van der Waals surface area (Å²) in [5.41, 5.74) is 1.93. The second kappa shape index (κ2) is 7.33. The summed E-state index contributed by atoms with van der Waals surface area (Å²) in [6, 6.07) is 0. The zero-order valence-electron chi connectivity index (χ0n) is 12.1. The van der Waals surface area contributed by atoms with Crippen molar-refractivity contribution < 1.29 is 9.53 Å². The minimum Gasteiger partial charge on any atom is -0.370 e. The average Bonchev–Trinajstić information content (AvgIpc) is 2.73. The number of hydrogen-bond acceptors (Lipinski definition) is 4. The van der Waals surface area contributed by atoms with Crippen LogP contribution in [0.3, 0.4) is 0 Å². The van der Waals surface area contributed by atoms with Crippen molar-refractivity contribution in [1.82, 2.24) is 15.1 Å². The number of ether oxygens (including phenoxy) is 1. The first-order chi connectivity index (χ1) is 9.61. The van der Waals surface area contributed by atoms with E-state index in [0.29, 0.717) is 6.42 Å². The molecule has 0 atom stereocenters. The Morgan fingerprint density at radius 1 is 1.50 bits per heavy atom. The van der Waals surface area contributed by atoms with Gasteiger partial charge in [-0.25, -0.2) is 0 Å². The van der Waals surface area contributed by atoms with E-state index in [2.05, 4.69) is 33.3 Å². The maximum absolute atomic E-state index is 12.1. The molecule has 0 bridgehead atoms. The summed E-state index contributed by atoms with van der Waals surface area (Å²) in [6.45, 7) is 4.21. The highest BCUT2D eigenvalue weighted by Crippen LogP contribution is 2.22. The summed E-state index contributed by atoms with van der Waals surface area (Å²) in [6.07, 6.45) is 3.43. The van der Waals surface area contributed by atoms with Crippen molar-refractivity contribution in [2.75, 3.05) is 19.7 Å². The van der Waals surface area contributed by atoms with E-state index in [9.17, 15) is 4.79 Å². The van der Waals surface area contributed by atoms with Crippen molar-refractivity contribution in [3.63, 3.8) is 0 Å². The van der Waals surface area contributed by atoms with Crippen LogP contribution in [0.1, 0.15) is 31.2 Å². The number of aromatic nitrogens is 2. The Balaban J connectivity index is 1.86. The van der Waals surface area contributed by atoms with Crippen molar-refractivity contribution in [2.24, 2.45) is 7.05 Å². The molecular weight excluding hydrogens is 322 g/mol. The quantitative estimate of drug-likeness (QED) is 0.852. The lowest BCUT2D eigenvalue weighted by atomic mass is 10.1. The molecule has 1 aromatic heterocycles. The molecule has 0 spiro atoms. The van der Waals surface area contributed by atoms with Gasteiger partial charge in [0.15, 0.2) is 5.78 Å². The van der Waals surface area contributed by atoms with Crippen LogP contribution in [0.15, 0.2) is 4.47 Å². The van der Waals surface area contributed by atoms with Crippen molar-refractivity contribution in [2.45, 2.75) is 38.7 Å². The molecule has 1 fully saturated rings. The van der Waals surface area contributed by atoms with Crippen LogP contribution in [0.4, 0.5) is 0 Å². The average molecular weight is 344 g/mol. The number of piperidine rings is 1. The van der Waals surface area contributed by atoms with Crippen molar-refractivity contribution in [3.05, 3.63) is 15.9 Å². The Labute approximate surface area is 128 Å². The molecule has 112 valence electrons.